The summed E-state index contributed by atoms with van der Waals surface area (Å²) in [5.74, 6) is -0.637. The van der Waals surface area contributed by atoms with Gasteiger partial charge >= 0.3 is 11.9 Å². The van der Waals surface area contributed by atoms with Gasteiger partial charge in [0.05, 0.1) is 12.0 Å². The van der Waals surface area contributed by atoms with Crippen LogP contribution >= 0.6 is 0 Å². The summed E-state index contributed by atoms with van der Waals surface area (Å²) in [5, 5.41) is 0. The number of esters is 2. The fourth-order valence-electron chi connectivity index (χ4n) is 2.10. The maximum absolute atomic E-state index is 11.6. The van der Waals surface area contributed by atoms with Crippen LogP contribution in [0.15, 0.2) is 0 Å². The monoisotopic (exact) mass is 198 g/mol. The molecule has 2 heterocycles. The largest absolute Gasteiger partial charge is 0.463 e. The third kappa shape index (κ3) is 1.06. The Morgan fingerprint density at radius 1 is 1.36 bits per heavy atom. The van der Waals surface area contributed by atoms with Crippen molar-refractivity contribution in [1.29, 1.82) is 0 Å². The summed E-state index contributed by atoms with van der Waals surface area (Å²) in [7, 11) is 0. The molecular formula is C10H14O4. The molecule has 2 saturated heterocycles. The molecule has 2 aliphatic rings. The lowest BCUT2D eigenvalue weighted by Gasteiger charge is -2.18. The van der Waals surface area contributed by atoms with Crippen molar-refractivity contribution in [2.24, 2.45) is 5.41 Å². The van der Waals surface area contributed by atoms with Crippen molar-refractivity contribution in [3.63, 3.8) is 0 Å². The van der Waals surface area contributed by atoms with Gasteiger partial charge in [0.25, 0.3) is 0 Å². The van der Waals surface area contributed by atoms with Gasteiger partial charge in [-0.25, -0.2) is 4.79 Å². The summed E-state index contributed by atoms with van der Waals surface area (Å²) >= 11 is 0. The van der Waals surface area contributed by atoms with Gasteiger partial charge in [-0.1, -0.05) is 6.92 Å². The van der Waals surface area contributed by atoms with Crippen molar-refractivity contribution in [2.45, 2.75) is 38.7 Å². The van der Waals surface area contributed by atoms with Gasteiger partial charge in [0, 0.05) is 12.8 Å². The molecule has 1 spiro atoms. The SMILES string of the molecule is CCC1(C)CC2(CCOC2=O)OC1=O. The molecule has 0 N–H and O–H groups in total. The topological polar surface area (TPSA) is 52.6 Å². The molecule has 2 atom stereocenters. The molecule has 0 aromatic carbocycles. The van der Waals surface area contributed by atoms with Crippen LogP contribution in [-0.4, -0.2) is 24.1 Å². The van der Waals surface area contributed by atoms with E-state index in [1.807, 2.05) is 13.8 Å². The molecule has 2 rings (SSSR count). The second-order valence-electron chi connectivity index (χ2n) is 4.36. The number of rotatable bonds is 1. The maximum Gasteiger partial charge on any atom is 0.350 e. The highest BCUT2D eigenvalue weighted by atomic mass is 16.6. The number of ether oxygens (including phenoxy) is 2. The van der Waals surface area contributed by atoms with Crippen molar-refractivity contribution in [1.82, 2.24) is 0 Å². The van der Waals surface area contributed by atoms with E-state index in [9.17, 15) is 9.59 Å². The van der Waals surface area contributed by atoms with E-state index < -0.39 is 11.0 Å². The van der Waals surface area contributed by atoms with Crippen molar-refractivity contribution in [2.75, 3.05) is 6.61 Å². The van der Waals surface area contributed by atoms with Crippen LogP contribution in [0.5, 0.6) is 0 Å². The van der Waals surface area contributed by atoms with E-state index in [0.717, 1.165) is 0 Å². The minimum atomic E-state index is -0.957. The van der Waals surface area contributed by atoms with E-state index in [1.54, 1.807) is 0 Å². The summed E-state index contributed by atoms with van der Waals surface area (Å²) in [6.07, 6.45) is 1.67. The summed E-state index contributed by atoms with van der Waals surface area (Å²) in [4.78, 5) is 23.1. The first-order valence-corrected chi connectivity index (χ1v) is 4.93. The second kappa shape index (κ2) is 2.72. The fourth-order valence-corrected chi connectivity index (χ4v) is 2.10. The molecule has 14 heavy (non-hydrogen) atoms. The molecule has 2 unspecified atom stereocenters. The zero-order valence-corrected chi connectivity index (χ0v) is 8.46. The van der Waals surface area contributed by atoms with Crippen LogP contribution in [0.3, 0.4) is 0 Å². The summed E-state index contributed by atoms with van der Waals surface area (Å²) < 4.78 is 10.1. The average molecular weight is 198 g/mol. The molecule has 0 amide bonds. The van der Waals surface area contributed by atoms with E-state index >= 15 is 0 Å². The Morgan fingerprint density at radius 2 is 2.07 bits per heavy atom. The minimum Gasteiger partial charge on any atom is -0.463 e. The minimum absolute atomic E-state index is 0.265. The number of carbonyl (C=O) groups excluding carboxylic acids is 2. The van der Waals surface area contributed by atoms with Crippen LogP contribution in [0.1, 0.15) is 33.1 Å². The Balaban J connectivity index is 2.28. The average Bonchev–Trinajstić information content (AvgIpc) is 2.59. The first-order valence-electron chi connectivity index (χ1n) is 4.93. The van der Waals surface area contributed by atoms with Crippen LogP contribution in [-0.2, 0) is 19.1 Å². The number of hydrogen-bond acceptors (Lipinski definition) is 4. The van der Waals surface area contributed by atoms with Gasteiger partial charge in [0.2, 0.25) is 5.60 Å². The number of carbonyl (C=O) groups is 2. The van der Waals surface area contributed by atoms with Gasteiger partial charge in [-0.15, -0.1) is 0 Å². The first-order chi connectivity index (χ1) is 6.52. The molecule has 2 fully saturated rings. The molecular weight excluding hydrogens is 184 g/mol. The van der Waals surface area contributed by atoms with Crippen molar-refractivity contribution < 1.29 is 19.1 Å². The zero-order chi connectivity index (χ0) is 10.4. The zero-order valence-electron chi connectivity index (χ0n) is 8.46. The van der Waals surface area contributed by atoms with Gasteiger partial charge in [-0.05, 0) is 13.3 Å². The van der Waals surface area contributed by atoms with Crippen LogP contribution < -0.4 is 0 Å². The normalized spacial score (nSPS) is 41.6. The fraction of sp³-hybridized carbons (Fsp3) is 0.800. The summed E-state index contributed by atoms with van der Waals surface area (Å²) in [5.41, 5.74) is -1.47. The Bertz CT molecular complexity index is 298. The Morgan fingerprint density at radius 3 is 2.50 bits per heavy atom. The number of cyclic esters (lactones) is 1. The molecule has 0 aromatic heterocycles. The molecule has 78 valence electrons. The molecule has 4 nitrogen and oxygen atoms in total. The Kier molecular flexibility index (Phi) is 1.84. The van der Waals surface area contributed by atoms with Gasteiger partial charge < -0.3 is 9.47 Å². The lowest BCUT2D eigenvalue weighted by atomic mass is 9.79. The van der Waals surface area contributed by atoms with Gasteiger partial charge in [-0.2, -0.15) is 0 Å². The van der Waals surface area contributed by atoms with E-state index in [4.69, 9.17) is 9.47 Å². The van der Waals surface area contributed by atoms with Crippen LogP contribution in [0, 0.1) is 5.41 Å². The van der Waals surface area contributed by atoms with Crippen molar-refractivity contribution in [3.05, 3.63) is 0 Å². The van der Waals surface area contributed by atoms with E-state index in [0.29, 0.717) is 25.9 Å². The highest BCUT2D eigenvalue weighted by molar-refractivity contribution is 5.90. The smallest absolute Gasteiger partial charge is 0.350 e. The quantitative estimate of drug-likeness (QED) is 0.590. The van der Waals surface area contributed by atoms with Crippen LogP contribution in [0.4, 0.5) is 0 Å². The molecule has 0 radical (unpaired) electrons. The van der Waals surface area contributed by atoms with Gasteiger partial charge in [-0.3, -0.25) is 4.79 Å². The maximum atomic E-state index is 11.6. The molecule has 2 aliphatic heterocycles. The van der Waals surface area contributed by atoms with E-state index in [2.05, 4.69) is 0 Å². The van der Waals surface area contributed by atoms with Crippen molar-refractivity contribution >= 4 is 11.9 Å². The van der Waals surface area contributed by atoms with E-state index in [1.165, 1.54) is 0 Å². The van der Waals surface area contributed by atoms with E-state index in [-0.39, 0.29) is 11.9 Å². The molecule has 0 bridgehead atoms. The van der Waals surface area contributed by atoms with Gasteiger partial charge in [0.1, 0.15) is 0 Å². The highest BCUT2D eigenvalue weighted by Crippen LogP contribution is 2.46. The predicted octanol–water partition coefficient (Wildman–Crippen LogP) is 1.04. The molecule has 0 saturated carbocycles. The molecule has 0 aromatic rings. The van der Waals surface area contributed by atoms with Crippen LogP contribution in [0.25, 0.3) is 0 Å². The Labute approximate surface area is 82.6 Å². The first kappa shape index (κ1) is 9.49. The third-order valence-corrected chi connectivity index (χ3v) is 3.35. The summed E-state index contributed by atoms with van der Waals surface area (Å²) in [6.45, 7) is 4.14. The predicted molar refractivity (Wildman–Crippen MR) is 47.4 cm³/mol. The lowest BCUT2D eigenvalue weighted by molar-refractivity contribution is -0.165. The standard InChI is InChI=1S/C10H14O4/c1-3-9(2)6-10(14-7(9)11)4-5-13-8(10)12/h3-6H2,1-2H3. The Hall–Kier alpha value is -1.06. The lowest BCUT2D eigenvalue weighted by Crippen LogP contribution is -2.34. The summed E-state index contributed by atoms with van der Waals surface area (Å²) in [6, 6.07) is 0. The molecule has 0 aliphatic carbocycles. The second-order valence-corrected chi connectivity index (χ2v) is 4.36. The van der Waals surface area contributed by atoms with Crippen LogP contribution in [0.2, 0.25) is 0 Å². The molecule has 4 heteroatoms. The number of hydrogen-bond donors (Lipinski definition) is 0. The third-order valence-electron chi connectivity index (χ3n) is 3.35. The van der Waals surface area contributed by atoms with Crippen molar-refractivity contribution in [3.8, 4) is 0 Å². The van der Waals surface area contributed by atoms with Gasteiger partial charge in [0.15, 0.2) is 0 Å². The highest BCUT2D eigenvalue weighted by Gasteiger charge is 2.60.